The van der Waals surface area contributed by atoms with Gasteiger partial charge in [-0.1, -0.05) is 19.8 Å². The fraction of sp³-hybridized carbons (Fsp3) is 0.545. The van der Waals surface area contributed by atoms with Crippen molar-refractivity contribution in [2.45, 2.75) is 36.4 Å². The molecule has 1 aromatic heterocycles. The van der Waals surface area contributed by atoms with Gasteiger partial charge < -0.3 is 9.84 Å². The molecule has 1 rings (SSSR count). The number of aliphatic carboxylic acids is 1. The number of aromatic nitrogens is 1. The van der Waals surface area contributed by atoms with Crippen LogP contribution in [0.15, 0.2) is 9.72 Å². The number of carboxylic acid groups (broad SMARTS) is 1. The summed E-state index contributed by atoms with van der Waals surface area (Å²) in [6, 6.07) is -1.25. The van der Waals surface area contributed by atoms with Crippen LogP contribution in [-0.2, 0) is 19.6 Å². The fourth-order valence-electron chi connectivity index (χ4n) is 1.54. The molecule has 21 heavy (non-hydrogen) atoms. The molecule has 0 fully saturated rings. The van der Waals surface area contributed by atoms with E-state index in [4.69, 9.17) is 5.11 Å². The lowest BCUT2D eigenvalue weighted by molar-refractivity contribution is -0.139. The summed E-state index contributed by atoms with van der Waals surface area (Å²) in [6.45, 7) is 1.87. The molecule has 8 nitrogen and oxygen atoms in total. The number of sulfonamides is 1. The Kier molecular flexibility index (Phi) is 6.24. The third-order valence-corrected chi connectivity index (χ3v) is 5.44. The molecule has 0 radical (unpaired) electrons. The number of hydrogen-bond acceptors (Lipinski definition) is 7. The normalized spacial score (nSPS) is 12.9. The number of esters is 1. The largest absolute Gasteiger partial charge is 0.480 e. The van der Waals surface area contributed by atoms with Gasteiger partial charge in [-0.15, -0.1) is 11.3 Å². The van der Waals surface area contributed by atoms with Gasteiger partial charge in [0.2, 0.25) is 0 Å². The third kappa shape index (κ3) is 4.48. The Morgan fingerprint density at radius 1 is 1.52 bits per heavy atom. The van der Waals surface area contributed by atoms with Crippen molar-refractivity contribution in [2.75, 3.05) is 7.11 Å². The van der Waals surface area contributed by atoms with Gasteiger partial charge in [-0.3, -0.25) is 4.79 Å². The average molecular weight is 336 g/mol. The van der Waals surface area contributed by atoms with Gasteiger partial charge >= 0.3 is 11.9 Å². The summed E-state index contributed by atoms with van der Waals surface area (Å²) in [7, 11) is -3.05. The molecule has 2 N–H and O–H groups in total. The topological polar surface area (TPSA) is 123 Å². The molecule has 0 aromatic carbocycles. The second-order valence-electron chi connectivity index (χ2n) is 4.13. The van der Waals surface area contributed by atoms with Gasteiger partial charge in [0.25, 0.3) is 10.0 Å². The number of nitrogens with one attached hydrogen (secondary N) is 1. The minimum absolute atomic E-state index is 0.164. The Bertz CT molecular complexity index is 610. The van der Waals surface area contributed by atoms with Crippen LogP contribution in [0, 0.1) is 0 Å². The lowest BCUT2D eigenvalue weighted by Gasteiger charge is -2.13. The van der Waals surface area contributed by atoms with E-state index in [1.165, 1.54) is 5.51 Å². The van der Waals surface area contributed by atoms with Crippen LogP contribution in [0.2, 0.25) is 0 Å². The SMILES string of the molecule is CCCCC(NS(=O)(=O)c1scnc1C(=O)OC)C(=O)O. The van der Waals surface area contributed by atoms with E-state index in [0.717, 1.165) is 24.9 Å². The monoisotopic (exact) mass is 336 g/mol. The van der Waals surface area contributed by atoms with Crippen LogP contribution in [0.1, 0.15) is 36.7 Å². The predicted octanol–water partition coefficient (Wildman–Crippen LogP) is 0.851. The number of unbranched alkanes of at least 4 members (excludes halogenated alkanes) is 1. The standard InChI is InChI=1S/C11H16N2O6S2/c1-3-4-5-7(9(14)15)13-21(17,18)11-8(10(16)19-2)12-6-20-11/h6-7,13H,3-5H2,1-2H3,(H,14,15). The van der Waals surface area contributed by atoms with E-state index < -0.39 is 28.0 Å². The van der Waals surface area contributed by atoms with Crippen LogP contribution in [0.3, 0.4) is 0 Å². The number of thiazole rings is 1. The quantitative estimate of drug-likeness (QED) is 0.675. The summed E-state index contributed by atoms with van der Waals surface area (Å²) in [5.74, 6) is -2.16. The Morgan fingerprint density at radius 3 is 2.71 bits per heavy atom. The molecule has 0 aliphatic rings. The number of hydrogen-bond donors (Lipinski definition) is 2. The minimum atomic E-state index is -4.15. The summed E-state index contributed by atoms with van der Waals surface area (Å²) in [6.07, 6.45) is 1.46. The maximum atomic E-state index is 12.2. The van der Waals surface area contributed by atoms with Gasteiger partial charge in [0, 0.05) is 0 Å². The lowest BCUT2D eigenvalue weighted by Crippen LogP contribution is -2.40. The Balaban J connectivity index is 3.03. The van der Waals surface area contributed by atoms with Crippen LogP contribution in [0.4, 0.5) is 0 Å². The molecule has 0 aliphatic heterocycles. The van der Waals surface area contributed by atoms with Gasteiger partial charge in [-0.05, 0) is 6.42 Å². The van der Waals surface area contributed by atoms with E-state index in [1.807, 2.05) is 6.92 Å². The van der Waals surface area contributed by atoms with Crippen LogP contribution in [0.5, 0.6) is 0 Å². The number of carbonyl (C=O) groups is 2. The first-order chi connectivity index (χ1) is 9.83. The Morgan fingerprint density at radius 2 is 2.19 bits per heavy atom. The van der Waals surface area contributed by atoms with Crippen molar-refractivity contribution in [1.29, 1.82) is 0 Å². The molecule has 10 heteroatoms. The zero-order valence-electron chi connectivity index (χ0n) is 11.5. The molecule has 1 atom stereocenters. The summed E-state index contributed by atoms with van der Waals surface area (Å²) in [4.78, 5) is 26.2. The van der Waals surface area contributed by atoms with Gasteiger partial charge in [0.05, 0.1) is 12.6 Å². The summed E-state index contributed by atoms with van der Waals surface area (Å²) < 4.78 is 30.6. The fourth-order valence-corrected chi connectivity index (χ4v) is 3.91. The van der Waals surface area contributed by atoms with Crippen molar-refractivity contribution in [1.82, 2.24) is 9.71 Å². The summed E-state index contributed by atoms with van der Waals surface area (Å²) in [5, 5.41) is 9.05. The highest BCUT2D eigenvalue weighted by atomic mass is 32.2. The summed E-state index contributed by atoms with van der Waals surface area (Å²) in [5.41, 5.74) is 0.831. The first-order valence-corrected chi connectivity index (χ1v) is 8.46. The van der Waals surface area contributed by atoms with Crippen LogP contribution < -0.4 is 4.72 Å². The van der Waals surface area contributed by atoms with E-state index in [1.54, 1.807) is 0 Å². The zero-order valence-corrected chi connectivity index (χ0v) is 13.2. The van der Waals surface area contributed by atoms with Gasteiger partial charge in [-0.25, -0.2) is 18.2 Å². The molecule has 1 unspecified atom stereocenters. The summed E-state index contributed by atoms with van der Waals surface area (Å²) >= 11 is 0.722. The molecule has 1 aromatic rings. The second-order valence-corrected chi connectivity index (χ2v) is 6.90. The Labute approximate surface area is 126 Å². The molecule has 0 bridgehead atoms. The van der Waals surface area contributed by atoms with Crippen molar-refractivity contribution < 1.29 is 27.9 Å². The highest BCUT2D eigenvalue weighted by molar-refractivity contribution is 7.91. The number of rotatable bonds is 8. The number of methoxy groups -OCH3 is 1. The number of carbonyl (C=O) groups excluding carboxylic acids is 1. The van der Waals surface area contributed by atoms with E-state index >= 15 is 0 Å². The first kappa shape index (κ1) is 17.5. The van der Waals surface area contributed by atoms with Crippen molar-refractivity contribution >= 4 is 33.3 Å². The van der Waals surface area contributed by atoms with Gasteiger partial charge in [0.15, 0.2) is 9.90 Å². The number of ether oxygens (including phenoxy) is 1. The van der Waals surface area contributed by atoms with Crippen LogP contribution in [0.25, 0.3) is 0 Å². The molecule has 0 amide bonds. The molecule has 0 aliphatic carbocycles. The first-order valence-electron chi connectivity index (χ1n) is 6.10. The number of carboxylic acids is 1. The van der Waals surface area contributed by atoms with Crippen molar-refractivity contribution in [3.63, 3.8) is 0 Å². The van der Waals surface area contributed by atoms with E-state index in [9.17, 15) is 18.0 Å². The molecule has 0 saturated heterocycles. The van der Waals surface area contributed by atoms with Crippen molar-refractivity contribution in [3.8, 4) is 0 Å². The molecular formula is C11H16N2O6S2. The highest BCUT2D eigenvalue weighted by Crippen LogP contribution is 2.21. The Hall–Kier alpha value is -1.52. The van der Waals surface area contributed by atoms with Gasteiger partial charge in [-0.2, -0.15) is 4.72 Å². The van der Waals surface area contributed by atoms with E-state index in [0.29, 0.717) is 6.42 Å². The minimum Gasteiger partial charge on any atom is -0.480 e. The molecule has 1 heterocycles. The maximum Gasteiger partial charge on any atom is 0.358 e. The molecular weight excluding hydrogens is 320 g/mol. The van der Waals surface area contributed by atoms with Gasteiger partial charge in [0.1, 0.15) is 6.04 Å². The lowest BCUT2D eigenvalue weighted by atomic mass is 10.1. The van der Waals surface area contributed by atoms with Crippen molar-refractivity contribution in [2.24, 2.45) is 0 Å². The average Bonchev–Trinajstić information content (AvgIpc) is 2.92. The molecule has 118 valence electrons. The maximum absolute atomic E-state index is 12.2. The number of nitrogens with zero attached hydrogens (tertiary/aromatic N) is 1. The molecule has 0 saturated carbocycles. The zero-order chi connectivity index (χ0) is 16.0. The third-order valence-electron chi connectivity index (χ3n) is 2.60. The van der Waals surface area contributed by atoms with Crippen molar-refractivity contribution in [3.05, 3.63) is 11.2 Å². The van der Waals surface area contributed by atoms with E-state index in [2.05, 4.69) is 14.4 Å². The smallest absolute Gasteiger partial charge is 0.358 e. The molecule has 0 spiro atoms. The highest BCUT2D eigenvalue weighted by Gasteiger charge is 2.30. The van der Waals surface area contributed by atoms with Crippen LogP contribution in [-0.4, -0.2) is 43.6 Å². The second kappa shape index (κ2) is 7.48. The van der Waals surface area contributed by atoms with Crippen LogP contribution >= 0.6 is 11.3 Å². The predicted molar refractivity (Wildman–Crippen MR) is 74.7 cm³/mol. The van der Waals surface area contributed by atoms with E-state index in [-0.39, 0.29) is 16.3 Å².